The molecule has 0 bridgehead atoms. The monoisotopic (exact) mass is 1040 g/mol. The van der Waals surface area contributed by atoms with Crippen LogP contribution in [0.25, 0.3) is 32.7 Å². The molecule has 13 heteroatoms. The molecule has 3 aliphatic heterocycles. The van der Waals surface area contributed by atoms with Gasteiger partial charge in [-0.25, -0.2) is 15.0 Å². The Balaban J connectivity index is 0.000000257. The number of pyridine rings is 3. The van der Waals surface area contributed by atoms with Gasteiger partial charge in [-0.15, -0.1) is 0 Å². The summed E-state index contributed by atoms with van der Waals surface area (Å²) in [6, 6.07) is 30.5. The molecule has 0 saturated carbocycles. The third-order valence-electron chi connectivity index (χ3n) is 11.4. The Morgan fingerprint density at radius 3 is 1.42 bits per heavy atom. The van der Waals surface area contributed by atoms with Crippen LogP contribution in [0.2, 0.25) is 0 Å². The second-order valence-corrected chi connectivity index (χ2v) is 18.6. The minimum atomic E-state index is -0.387. The summed E-state index contributed by atoms with van der Waals surface area (Å²) in [4.78, 5) is 18.8. The summed E-state index contributed by atoms with van der Waals surface area (Å²) in [6.45, 7) is 17.3. The Morgan fingerprint density at radius 1 is 0.548 bits per heavy atom. The van der Waals surface area contributed by atoms with Crippen LogP contribution in [0.5, 0.6) is 0 Å². The number of benzene rings is 3. The molecule has 0 radical (unpaired) electrons. The van der Waals surface area contributed by atoms with Gasteiger partial charge in [0.25, 0.3) is 0 Å². The van der Waals surface area contributed by atoms with E-state index in [1.165, 1.54) is 51.9 Å². The number of fused-ring (bicyclic) bond motifs is 3. The van der Waals surface area contributed by atoms with Gasteiger partial charge in [-0.3, -0.25) is 0 Å². The molecule has 3 aliphatic rings. The third-order valence-corrected chi connectivity index (χ3v) is 13.1. The largest absolute Gasteiger partial charge is 0.495 e. The van der Waals surface area contributed by atoms with Crippen molar-refractivity contribution in [3.63, 3.8) is 0 Å². The van der Waals surface area contributed by atoms with E-state index in [1.54, 1.807) is 0 Å². The zero-order valence-electron chi connectivity index (χ0n) is 33.9. The third kappa shape index (κ3) is 13.4. The molecule has 336 valence electrons. The van der Waals surface area contributed by atoms with Crippen LogP contribution < -0.4 is 16.1 Å². The number of rotatable bonds is 9. The van der Waals surface area contributed by atoms with E-state index in [4.69, 9.17) is 14.3 Å². The molecule has 0 unspecified atom stereocenters. The molecule has 0 aliphatic carbocycles. The van der Waals surface area contributed by atoms with Gasteiger partial charge in [-0.1, -0.05) is 84.3 Å². The fraction of sp³-hybridized carbons (Fsp3) is 0.449. The smallest absolute Gasteiger partial charge is 0.399 e. The Labute approximate surface area is 398 Å². The van der Waals surface area contributed by atoms with E-state index in [9.17, 15) is 0 Å². The molecule has 3 aromatic carbocycles. The lowest BCUT2D eigenvalue weighted by atomic mass is 9.77. The lowest BCUT2D eigenvalue weighted by molar-refractivity contribution is 0.00578. The number of anilines is 2. The maximum absolute atomic E-state index is 6.31. The van der Waals surface area contributed by atoms with E-state index in [0.29, 0.717) is 0 Å². The number of likely N-dealkylation sites (tertiary alicyclic amines) is 2. The molecule has 9 nitrogen and oxygen atoms in total. The number of nitrogens with one attached hydrogen (secondary N) is 2. The predicted octanol–water partition coefficient (Wildman–Crippen LogP) is 12.9. The molecular formula is C49H69BBr3N7O2. The normalized spacial score (nSPS) is 16.5. The molecular weight excluding hydrogens is 969 g/mol. The Morgan fingerprint density at radius 2 is 0.935 bits per heavy atom. The van der Waals surface area contributed by atoms with Crippen molar-refractivity contribution in [2.45, 2.75) is 94.3 Å². The fourth-order valence-electron chi connectivity index (χ4n) is 7.48. The molecule has 3 fully saturated rings. The Bertz CT molecular complexity index is 2300. The van der Waals surface area contributed by atoms with Crippen LogP contribution in [-0.4, -0.2) is 95.4 Å². The van der Waals surface area contributed by atoms with E-state index in [-0.39, 0.29) is 48.0 Å². The topological polar surface area (TPSA) is 87.7 Å². The molecule has 9 rings (SSSR count). The van der Waals surface area contributed by atoms with Crippen LogP contribution in [-0.2, 0) is 9.31 Å². The predicted molar refractivity (Wildman–Crippen MR) is 279 cm³/mol. The molecule has 6 aromatic rings. The lowest BCUT2D eigenvalue weighted by Gasteiger charge is -2.32. The summed E-state index contributed by atoms with van der Waals surface area (Å²) in [5.74, 6) is 1.84. The number of hydrogen-bond donors (Lipinski definition) is 2. The van der Waals surface area contributed by atoms with Crippen molar-refractivity contribution >= 4 is 105 Å². The van der Waals surface area contributed by atoms with Gasteiger partial charge in [0.15, 0.2) is 0 Å². The van der Waals surface area contributed by atoms with Crippen LogP contribution in [0.3, 0.4) is 0 Å². The quantitative estimate of drug-likeness (QED) is 0.109. The van der Waals surface area contributed by atoms with E-state index >= 15 is 0 Å². The minimum absolute atomic E-state index is 0. The first-order valence-electron chi connectivity index (χ1n) is 20.4. The molecule has 2 N–H and O–H groups in total. The number of aromatic nitrogens is 3. The van der Waals surface area contributed by atoms with Crippen molar-refractivity contribution in [2.75, 3.05) is 63.0 Å². The maximum Gasteiger partial charge on any atom is 0.495 e. The number of hydrogen-bond acceptors (Lipinski definition) is 9. The minimum Gasteiger partial charge on any atom is -0.399 e. The van der Waals surface area contributed by atoms with Gasteiger partial charge in [0, 0.05) is 51.3 Å². The van der Waals surface area contributed by atoms with E-state index in [2.05, 4.69) is 136 Å². The Kier molecular flexibility index (Phi) is 20.8. The van der Waals surface area contributed by atoms with Gasteiger partial charge in [-0.05, 0) is 169 Å². The summed E-state index contributed by atoms with van der Waals surface area (Å²) >= 11 is 10.4. The highest BCUT2D eigenvalue weighted by Gasteiger charge is 2.52. The summed E-state index contributed by atoms with van der Waals surface area (Å²) in [7, 11) is -0.387. The van der Waals surface area contributed by atoms with Gasteiger partial charge in [-0.2, -0.15) is 0 Å². The molecule has 3 aromatic heterocycles. The van der Waals surface area contributed by atoms with Crippen molar-refractivity contribution in [2.24, 2.45) is 0 Å². The highest BCUT2D eigenvalue weighted by atomic mass is 79.9. The van der Waals surface area contributed by atoms with E-state index in [1.807, 2.05) is 60.7 Å². The second-order valence-electron chi connectivity index (χ2n) is 16.1. The molecule has 0 atom stereocenters. The molecule has 0 spiro atoms. The van der Waals surface area contributed by atoms with Gasteiger partial charge < -0.3 is 29.7 Å². The molecule has 6 heterocycles. The van der Waals surface area contributed by atoms with Gasteiger partial charge in [0.2, 0.25) is 0 Å². The standard InChI is InChI=1S/C21H30BN3O2.C15H18BrN3.C9H5Br2N.4CH4/c1-20(2)21(3,4)27-22(26-20)17-15-19(23-11-14-25-12-7-8-13-25)24-18-10-6-5-9-16(17)18;16-13-11-15(17-7-10-19-8-3-4-9-19)18-14-6-2-1-5-12(13)14;10-7-5-9(11)12-8-4-2-1-3-6(7)8;;;;/h5-6,9-10,15H,7-8,11-14H2,1-4H3,(H,23,24);1-2,5-6,11H,3-4,7-10H2,(H,17,18);1-5H;4*1H4. The van der Waals surface area contributed by atoms with Gasteiger partial charge >= 0.3 is 7.12 Å². The van der Waals surface area contributed by atoms with Crippen molar-refractivity contribution in [3.8, 4) is 0 Å². The number of para-hydroxylation sites is 3. The number of nitrogens with zero attached hydrogens (tertiary/aromatic N) is 5. The van der Waals surface area contributed by atoms with Crippen LogP contribution in [0.1, 0.15) is 83.1 Å². The average molecular weight is 1040 g/mol. The summed E-state index contributed by atoms with van der Waals surface area (Å²) in [5.41, 5.74) is 3.33. The van der Waals surface area contributed by atoms with Gasteiger partial charge in [0.1, 0.15) is 16.2 Å². The first kappa shape index (κ1) is 53.2. The van der Waals surface area contributed by atoms with Crippen LogP contribution in [0, 0.1) is 0 Å². The van der Waals surface area contributed by atoms with Gasteiger partial charge in [0.05, 0.1) is 27.8 Å². The van der Waals surface area contributed by atoms with Crippen molar-refractivity contribution in [1.82, 2.24) is 24.8 Å². The van der Waals surface area contributed by atoms with E-state index in [0.717, 1.165) is 89.5 Å². The maximum atomic E-state index is 6.31. The summed E-state index contributed by atoms with van der Waals surface area (Å²) in [6.07, 6.45) is 5.33. The zero-order valence-corrected chi connectivity index (χ0v) is 38.7. The van der Waals surface area contributed by atoms with Crippen molar-refractivity contribution < 1.29 is 9.31 Å². The molecule has 0 amide bonds. The Hall–Kier alpha value is -3.17. The molecule has 62 heavy (non-hydrogen) atoms. The van der Waals surface area contributed by atoms with Crippen LogP contribution in [0.4, 0.5) is 11.6 Å². The summed E-state index contributed by atoms with van der Waals surface area (Å²) < 4.78 is 15.6. The first-order chi connectivity index (χ1) is 28.0. The lowest BCUT2D eigenvalue weighted by Crippen LogP contribution is -2.41. The van der Waals surface area contributed by atoms with Crippen molar-refractivity contribution in [1.29, 1.82) is 0 Å². The number of halogens is 3. The fourth-order valence-corrected chi connectivity index (χ4v) is 9.31. The van der Waals surface area contributed by atoms with Crippen LogP contribution >= 0.6 is 47.8 Å². The highest BCUT2D eigenvalue weighted by Crippen LogP contribution is 2.37. The van der Waals surface area contributed by atoms with E-state index < -0.39 is 0 Å². The average Bonchev–Trinajstić information content (AvgIpc) is 3.97. The SMILES string of the molecule is Brc1cc(Br)c2ccccc2n1.Brc1cc(NCCN2CCCC2)nc2ccccc12.C.C.C.C.CC1(C)OB(c2cc(NCCN3CCCC3)nc3ccccc23)OC1(C)C. The van der Waals surface area contributed by atoms with Crippen molar-refractivity contribution in [3.05, 3.63) is 105 Å². The molecule has 3 saturated heterocycles. The second kappa shape index (κ2) is 24.2. The van der Waals surface area contributed by atoms with Crippen LogP contribution in [0.15, 0.2) is 105 Å². The summed E-state index contributed by atoms with van der Waals surface area (Å²) in [5, 5.41) is 10.3. The first-order valence-corrected chi connectivity index (χ1v) is 22.8. The zero-order chi connectivity index (χ0) is 40.7. The highest BCUT2D eigenvalue weighted by molar-refractivity contribution is 9.11.